The first-order valence-electron chi connectivity index (χ1n) is 7.36. The van der Waals surface area contributed by atoms with Crippen molar-refractivity contribution in [3.63, 3.8) is 0 Å². The zero-order valence-corrected chi connectivity index (χ0v) is 13.5. The lowest BCUT2D eigenvalue weighted by molar-refractivity contribution is -0.119. The number of benzene rings is 1. The standard InChI is InChI=1S/C16H21N5O2/c1-4-17-14-9-15(19-11(2)18-14)20-12-5-7-13(8-6-12)21-16(22)10-23-3/h5-9H,4,10H2,1-3H3,(H,21,22)(H2,17,18,19,20). The fraction of sp³-hybridized carbons (Fsp3) is 0.312. The van der Waals surface area contributed by atoms with Crippen LogP contribution in [-0.2, 0) is 9.53 Å². The Labute approximate surface area is 135 Å². The molecule has 2 aromatic rings. The number of carbonyl (C=O) groups is 1. The van der Waals surface area contributed by atoms with Crippen LogP contribution in [0.1, 0.15) is 12.7 Å². The molecule has 122 valence electrons. The molecule has 23 heavy (non-hydrogen) atoms. The van der Waals surface area contributed by atoms with Gasteiger partial charge in [0.05, 0.1) is 0 Å². The Kier molecular flexibility index (Phi) is 5.87. The van der Waals surface area contributed by atoms with Gasteiger partial charge in [-0.15, -0.1) is 0 Å². The van der Waals surface area contributed by atoms with Crippen LogP contribution in [0, 0.1) is 6.92 Å². The topological polar surface area (TPSA) is 88.2 Å². The Balaban J connectivity index is 2.04. The Morgan fingerprint density at radius 1 is 1.13 bits per heavy atom. The Bertz CT molecular complexity index is 658. The van der Waals surface area contributed by atoms with Gasteiger partial charge in [-0.1, -0.05) is 0 Å². The fourth-order valence-electron chi connectivity index (χ4n) is 2.02. The zero-order valence-electron chi connectivity index (χ0n) is 13.5. The lowest BCUT2D eigenvalue weighted by Gasteiger charge is -2.10. The maximum atomic E-state index is 11.4. The molecule has 0 bridgehead atoms. The van der Waals surface area contributed by atoms with Gasteiger partial charge in [0.1, 0.15) is 24.1 Å². The van der Waals surface area contributed by atoms with Gasteiger partial charge in [0, 0.05) is 31.1 Å². The summed E-state index contributed by atoms with van der Waals surface area (Å²) in [7, 11) is 1.48. The summed E-state index contributed by atoms with van der Waals surface area (Å²) < 4.78 is 4.78. The minimum atomic E-state index is -0.185. The van der Waals surface area contributed by atoms with Gasteiger partial charge in [-0.05, 0) is 38.1 Å². The fourth-order valence-corrected chi connectivity index (χ4v) is 2.02. The van der Waals surface area contributed by atoms with Crippen LogP contribution in [-0.4, -0.2) is 36.1 Å². The zero-order chi connectivity index (χ0) is 16.7. The molecule has 0 aliphatic carbocycles. The molecule has 0 saturated heterocycles. The van der Waals surface area contributed by atoms with Crippen LogP contribution in [0.4, 0.5) is 23.0 Å². The molecule has 1 heterocycles. The second kappa shape index (κ2) is 8.09. The van der Waals surface area contributed by atoms with Gasteiger partial charge < -0.3 is 20.7 Å². The Hall–Kier alpha value is -2.67. The van der Waals surface area contributed by atoms with E-state index in [-0.39, 0.29) is 12.5 Å². The van der Waals surface area contributed by atoms with E-state index in [1.165, 1.54) is 7.11 Å². The number of carbonyl (C=O) groups excluding carboxylic acids is 1. The van der Waals surface area contributed by atoms with Crippen LogP contribution in [0.2, 0.25) is 0 Å². The highest BCUT2D eigenvalue weighted by atomic mass is 16.5. The quantitative estimate of drug-likeness (QED) is 0.728. The summed E-state index contributed by atoms with van der Waals surface area (Å²) in [5.41, 5.74) is 1.58. The van der Waals surface area contributed by atoms with Gasteiger partial charge in [-0.3, -0.25) is 4.79 Å². The van der Waals surface area contributed by atoms with Gasteiger partial charge in [0.25, 0.3) is 0 Å². The van der Waals surface area contributed by atoms with Gasteiger partial charge >= 0.3 is 0 Å². The maximum Gasteiger partial charge on any atom is 0.250 e. The number of amides is 1. The average Bonchev–Trinajstić information content (AvgIpc) is 2.49. The van der Waals surface area contributed by atoms with Gasteiger partial charge in [0.2, 0.25) is 5.91 Å². The third-order valence-electron chi connectivity index (χ3n) is 2.91. The van der Waals surface area contributed by atoms with Crippen LogP contribution < -0.4 is 16.0 Å². The number of hydrogen-bond acceptors (Lipinski definition) is 6. The molecule has 0 saturated carbocycles. The summed E-state index contributed by atoms with van der Waals surface area (Å²) >= 11 is 0. The highest BCUT2D eigenvalue weighted by molar-refractivity contribution is 5.91. The third-order valence-corrected chi connectivity index (χ3v) is 2.91. The van der Waals surface area contributed by atoms with E-state index in [9.17, 15) is 4.79 Å². The molecule has 2 rings (SSSR count). The summed E-state index contributed by atoms with van der Waals surface area (Å²) in [5, 5.41) is 9.13. The van der Waals surface area contributed by atoms with Crippen LogP contribution in [0.25, 0.3) is 0 Å². The largest absolute Gasteiger partial charge is 0.375 e. The number of nitrogens with one attached hydrogen (secondary N) is 3. The van der Waals surface area contributed by atoms with Crippen LogP contribution in [0.5, 0.6) is 0 Å². The molecule has 0 radical (unpaired) electrons. The normalized spacial score (nSPS) is 10.2. The predicted octanol–water partition coefficient (Wildman–Crippen LogP) is 2.55. The molecule has 0 aliphatic rings. The lowest BCUT2D eigenvalue weighted by Crippen LogP contribution is -2.16. The van der Waals surface area contributed by atoms with E-state index in [0.29, 0.717) is 17.3 Å². The van der Waals surface area contributed by atoms with E-state index >= 15 is 0 Å². The van der Waals surface area contributed by atoms with Crippen molar-refractivity contribution in [2.75, 3.05) is 36.2 Å². The molecule has 1 amide bonds. The number of anilines is 4. The SMILES string of the molecule is CCNc1cc(Nc2ccc(NC(=O)COC)cc2)nc(C)n1. The number of hydrogen-bond donors (Lipinski definition) is 3. The first-order chi connectivity index (χ1) is 11.1. The highest BCUT2D eigenvalue weighted by Crippen LogP contribution is 2.19. The highest BCUT2D eigenvalue weighted by Gasteiger charge is 2.04. The summed E-state index contributed by atoms with van der Waals surface area (Å²) in [5.74, 6) is 2.00. The van der Waals surface area contributed by atoms with E-state index in [4.69, 9.17) is 4.74 Å². The van der Waals surface area contributed by atoms with Gasteiger partial charge in [0.15, 0.2) is 0 Å². The summed E-state index contributed by atoms with van der Waals surface area (Å²) in [6.45, 7) is 4.70. The first-order valence-corrected chi connectivity index (χ1v) is 7.36. The Morgan fingerprint density at radius 2 is 1.78 bits per heavy atom. The van der Waals surface area contributed by atoms with Crippen molar-refractivity contribution in [2.45, 2.75) is 13.8 Å². The first kappa shape index (κ1) is 16.7. The van der Waals surface area contributed by atoms with Crippen molar-refractivity contribution >= 4 is 28.9 Å². The molecule has 0 unspecified atom stereocenters. The summed E-state index contributed by atoms with van der Waals surface area (Å²) in [6, 6.07) is 9.22. The van der Waals surface area contributed by atoms with Crippen LogP contribution in [0.15, 0.2) is 30.3 Å². The van der Waals surface area contributed by atoms with Crippen molar-refractivity contribution in [1.29, 1.82) is 0 Å². The van der Waals surface area contributed by atoms with Crippen molar-refractivity contribution in [2.24, 2.45) is 0 Å². The molecule has 0 fully saturated rings. The van der Waals surface area contributed by atoms with E-state index < -0.39 is 0 Å². The summed E-state index contributed by atoms with van der Waals surface area (Å²) in [4.78, 5) is 20.1. The van der Waals surface area contributed by atoms with Gasteiger partial charge in [-0.25, -0.2) is 9.97 Å². The molecule has 7 heteroatoms. The van der Waals surface area contributed by atoms with E-state index in [2.05, 4.69) is 25.9 Å². The number of aromatic nitrogens is 2. The van der Waals surface area contributed by atoms with Crippen molar-refractivity contribution in [3.8, 4) is 0 Å². The number of rotatable bonds is 7. The minimum Gasteiger partial charge on any atom is -0.375 e. The molecule has 0 atom stereocenters. The van der Waals surface area contributed by atoms with Crippen molar-refractivity contribution in [1.82, 2.24) is 9.97 Å². The second-order valence-electron chi connectivity index (χ2n) is 4.90. The third kappa shape index (κ3) is 5.23. The van der Waals surface area contributed by atoms with Crippen molar-refractivity contribution < 1.29 is 9.53 Å². The van der Waals surface area contributed by atoms with E-state index in [1.807, 2.05) is 44.2 Å². The predicted molar refractivity (Wildman–Crippen MR) is 91.2 cm³/mol. The molecule has 0 spiro atoms. The lowest BCUT2D eigenvalue weighted by atomic mass is 10.2. The molecule has 0 aliphatic heterocycles. The smallest absolute Gasteiger partial charge is 0.250 e. The molecule has 7 nitrogen and oxygen atoms in total. The number of methoxy groups -OCH3 is 1. The molecule has 1 aromatic carbocycles. The van der Waals surface area contributed by atoms with Crippen molar-refractivity contribution in [3.05, 3.63) is 36.2 Å². The van der Waals surface area contributed by atoms with E-state index in [0.717, 1.165) is 18.1 Å². The van der Waals surface area contributed by atoms with E-state index in [1.54, 1.807) is 0 Å². The van der Waals surface area contributed by atoms with Crippen LogP contribution >= 0.6 is 0 Å². The molecule has 1 aromatic heterocycles. The molecule has 3 N–H and O–H groups in total. The maximum absolute atomic E-state index is 11.4. The number of nitrogens with zero attached hydrogens (tertiary/aromatic N) is 2. The molecular weight excluding hydrogens is 294 g/mol. The molecular formula is C16H21N5O2. The van der Waals surface area contributed by atoms with Gasteiger partial charge in [-0.2, -0.15) is 0 Å². The average molecular weight is 315 g/mol. The number of ether oxygens (including phenoxy) is 1. The second-order valence-corrected chi connectivity index (χ2v) is 4.90. The summed E-state index contributed by atoms with van der Waals surface area (Å²) in [6.07, 6.45) is 0. The Morgan fingerprint density at radius 3 is 2.43 bits per heavy atom. The minimum absolute atomic E-state index is 0.0351. The van der Waals surface area contributed by atoms with Crippen LogP contribution in [0.3, 0.4) is 0 Å². The number of aryl methyl sites for hydroxylation is 1. The monoisotopic (exact) mass is 315 g/mol.